The van der Waals surface area contributed by atoms with E-state index in [1.165, 1.54) is 15.8 Å². The van der Waals surface area contributed by atoms with E-state index >= 15 is 0 Å². The first-order valence-electron chi connectivity index (χ1n) is 6.57. The van der Waals surface area contributed by atoms with Crippen LogP contribution in [0, 0.1) is 12.3 Å². The molecule has 3 N–H and O–H groups in total. The Kier molecular flexibility index (Phi) is 4.75. The topological polar surface area (TPSA) is 58.9 Å². The molecule has 4 heteroatoms. The Labute approximate surface area is 123 Å². The number of carbonyl (C=O) groups excluding carboxylic acids is 1. The van der Waals surface area contributed by atoms with Gasteiger partial charge in [0.15, 0.2) is 0 Å². The van der Waals surface area contributed by atoms with Crippen LogP contribution in [0.25, 0.3) is 10.9 Å². The van der Waals surface area contributed by atoms with E-state index in [1.54, 1.807) is 11.8 Å². The minimum absolute atomic E-state index is 0.248. The average molecular weight is 286 g/mol. The van der Waals surface area contributed by atoms with Crippen molar-refractivity contribution >= 4 is 28.6 Å². The molecule has 2 rings (SSSR count). The van der Waals surface area contributed by atoms with E-state index in [-0.39, 0.29) is 5.91 Å². The number of amides is 1. The zero-order chi connectivity index (χ0) is 14.5. The molecule has 0 radical (unpaired) electrons. The fraction of sp³-hybridized carbons (Fsp3) is 0.312. The largest absolute Gasteiger partial charge is 0.370 e. The Morgan fingerprint density at radius 3 is 3.05 bits per heavy atom. The molecular weight excluding hydrogens is 268 g/mol. The minimum Gasteiger partial charge on any atom is -0.370 e. The molecule has 1 aromatic heterocycles. The van der Waals surface area contributed by atoms with Gasteiger partial charge in [-0.1, -0.05) is 12.8 Å². The molecule has 104 valence electrons. The Hall–Kier alpha value is -1.86. The summed E-state index contributed by atoms with van der Waals surface area (Å²) in [5.74, 6) is 3.35. The summed E-state index contributed by atoms with van der Waals surface area (Å²) in [6.45, 7) is 2.12. The molecular formula is C16H18N2OS. The molecule has 1 atom stereocenters. The predicted molar refractivity (Wildman–Crippen MR) is 84.7 cm³/mol. The van der Waals surface area contributed by atoms with Gasteiger partial charge in [-0.25, -0.2) is 0 Å². The maximum Gasteiger partial charge on any atom is 0.217 e. The van der Waals surface area contributed by atoms with Crippen LogP contribution in [0.1, 0.15) is 31.2 Å². The van der Waals surface area contributed by atoms with E-state index in [4.69, 9.17) is 12.2 Å². The number of terminal acetylenes is 1. The van der Waals surface area contributed by atoms with Gasteiger partial charge in [-0.2, -0.15) is 0 Å². The maximum absolute atomic E-state index is 10.9. The van der Waals surface area contributed by atoms with Crippen LogP contribution in [0.5, 0.6) is 0 Å². The first-order valence-corrected chi connectivity index (χ1v) is 7.56. The molecule has 3 nitrogen and oxygen atoms in total. The van der Waals surface area contributed by atoms with Crippen molar-refractivity contribution in [1.82, 2.24) is 4.98 Å². The van der Waals surface area contributed by atoms with Gasteiger partial charge in [0.05, 0.1) is 5.75 Å². The van der Waals surface area contributed by atoms with Crippen LogP contribution in [-0.4, -0.2) is 16.6 Å². The van der Waals surface area contributed by atoms with Crippen molar-refractivity contribution in [3.63, 3.8) is 0 Å². The summed E-state index contributed by atoms with van der Waals surface area (Å²) in [6.07, 6.45) is 8.50. The summed E-state index contributed by atoms with van der Waals surface area (Å²) in [5.41, 5.74) is 7.55. The van der Waals surface area contributed by atoms with E-state index in [9.17, 15) is 4.79 Å². The number of primary amides is 1. The SMILES string of the molecule is C#CCSc1ccc2[nH]cc(C(C)CCC(N)=O)c2c1. The highest BCUT2D eigenvalue weighted by atomic mass is 32.2. The molecule has 1 amide bonds. The van der Waals surface area contributed by atoms with E-state index in [2.05, 4.69) is 36.0 Å². The molecule has 0 aliphatic heterocycles. The van der Waals surface area contributed by atoms with Gasteiger partial charge in [-0.15, -0.1) is 18.2 Å². The number of thioether (sulfide) groups is 1. The monoisotopic (exact) mass is 286 g/mol. The zero-order valence-corrected chi connectivity index (χ0v) is 12.3. The minimum atomic E-state index is -0.248. The highest BCUT2D eigenvalue weighted by molar-refractivity contribution is 7.99. The van der Waals surface area contributed by atoms with Crippen LogP contribution >= 0.6 is 11.8 Å². The lowest BCUT2D eigenvalue weighted by atomic mass is 9.96. The van der Waals surface area contributed by atoms with Gasteiger partial charge >= 0.3 is 0 Å². The zero-order valence-electron chi connectivity index (χ0n) is 11.5. The number of benzene rings is 1. The fourth-order valence-electron chi connectivity index (χ4n) is 2.26. The number of H-pyrrole nitrogens is 1. The quantitative estimate of drug-likeness (QED) is 0.632. The maximum atomic E-state index is 10.9. The van der Waals surface area contributed by atoms with Gasteiger partial charge in [0.1, 0.15) is 0 Å². The van der Waals surface area contributed by atoms with Crippen molar-refractivity contribution in [2.75, 3.05) is 5.75 Å². The van der Waals surface area contributed by atoms with Gasteiger partial charge in [0.25, 0.3) is 0 Å². The van der Waals surface area contributed by atoms with Crippen LogP contribution in [0.3, 0.4) is 0 Å². The third-order valence-corrected chi connectivity index (χ3v) is 4.26. The van der Waals surface area contributed by atoms with Crippen LogP contribution < -0.4 is 5.73 Å². The van der Waals surface area contributed by atoms with Gasteiger partial charge in [-0.3, -0.25) is 4.79 Å². The Bertz CT molecular complexity index is 654. The van der Waals surface area contributed by atoms with Crippen molar-refractivity contribution in [1.29, 1.82) is 0 Å². The van der Waals surface area contributed by atoms with Crippen molar-refractivity contribution in [2.24, 2.45) is 5.73 Å². The van der Waals surface area contributed by atoms with Gasteiger partial charge in [0, 0.05) is 28.4 Å². The molecule has 2 aromatic rings. The lowest BCUT2D eigenvalue weighted by molar-refractivity contribution is -0.118. The fourth-order valence-corrected chi connectivity index (χ4v) is 2.87. The summed E-state index contributed by atoms with van der Waals surface area (Å²) < 4.78 is 0. The van der Waals surface area contributed by atoms with Crippen molar-refractivity contribution in [2.45, 2.75) is 30.6 Å². The van der Waals surface area contributed by atoms with Gasteiger partial charge < -0.3 is 10.7 Å². The standard InChI is InChI=1S/C16H18N2OS/c1-3-8-20-12-5-6-15-13(9-12)14(10-18-15)11(2)4-7-16(17)19/h1,5-6,9-11,18H,4,7-8H2,2H3,(H2,17,19). The Morgan fingerprint density at radius 2 is 2.35 bits per heavy atom. The van der Waals surface area contributed by atoms with Gasteiger partial charge in [-0.05, 0) is 36.1 Å². The van der Waals surface area contributed by atoms with Crippen LogP contribution in [0.4, 0.5) is 0 Å². The second-order valence-corrected chi connectivity index (χ2v) is 5.90. The molecule has 0 saturated heterocycles. The number of aromatic nitrogens is 1. The summed E-state index contributed by atoms with van der Waals surface area (Å²) >= 11 is 1.65. The number of nitrogens with one attached hydrogen (secondary N) is 1. The molecule has 0 bridgehead atoms. The predicted octanol–water partition coefficient (Wildman–Crippen LogP) is 3.26. The molecule has 0 fully saturated rings. The second-order valence-electron chi connectivity index (χ2n) is 4.85. The highest BCUT2D eigenvalue weighted by Gasteiger charge is 2.12. The number of rotatable bonds is 6. The van der Waals surface area contributed by atoms with Crippen molar-refractivity contribution in [3.8, 4) is 12.3 Å². The number of hydrogen-bond acceptors (Lipinski definition) is 2. The third-order valence-electron chi connectivity index (χ3n) is 3.36. The Balaban J connectivity index is 2.24. The molecule has 0 saturated carbocycles. The molecule has 1 unspecified atom stereocenters. The number of hydrogen-bond donors (Lipinski definition) is 2. The third kappa shape index (κ3) is 3.37. The molecule has 1 aromatic carbocycles. The molecule has 1 heterocycles. The summed E-state index contributed by atoms with van der Waals surface area (Å²) in [6, 6.07) is 6.29. The van der Waals surface area contributed by atoms with E-state index in [0.717, 1.165) is 11.9 Å². The average Bonchev–Trinajstić information content (AvgIpc) is 2.85. The van der Waals surface area contributed by atoms with Gasteiger partial charge in [0.2, 0.25) is 5.91 Å². The molecule has 20 heavy (non-hydrogen) atoms. The summed E-state index contributed by atoms with van der Waals surface area (Å²) in [7, 11) is 0. The van der Waals surface area contributed by atoms with E-state index in [0.29, 0.717) is 18.1 Å². The van der Waals surface area contributed by atoms with Crippen LogP contribution in [-0.2, 0) is 4.79 Å². The molecule has 0 spiro atoms. The number of carbonyl (C=O) groups is 1. The van der Waals surface area contributed by atoms with Crippen molar-refractivity contribution in [3.05, 3.63) is 30.0 Å². The highest BCUT2D eigenvalue weighted by Crippen LogP contribution is 2.31. The smallest absolute Gasteiger partial charge is 0.217 e. The number of nitrogens with two attached hydrogens (primary N) is 1. The number of fused-ring (bicyclic) bond motifs is 1. The lowest BCUT2D eigenvalue weighted by Crippen LogP contribution is -2.11. The lowest BCUT2D eigenvalue weighted by Gasteiger charge is -2.09. The van der Waals surface area contributed by atoms with Crippen LogP contribution in [0.2, 0.25) is 0 Å². The second kappa shape index (κ2) is 6.53. The summed E-state index contributed by atoms with van der Waals surface area (Å²) in [5, 5.41) is 1.20. The van der Waals surface area contributed by atoms with Crippen molar-refractivity contribution < 1.29 is 4.79 Å². The summed E-state index contributed by atoms with van der Waals surface area (Å²) in [4.78, 5) is 15.3. The van der Waals surface area contributed by atoms with Crippen LogP contribution in [0.15, 0.2) is 29.3 Å². The molecule has 0 aliphatic rings. The normalized spacial score (nSPS) is 12.2. The first kappa shape index (κ1) is 14.5. The molecule has 0 aliphatic carbocycles. The number of aromatic amines is 1. The van der Waals surface area contributed by atoms with E-state index < -0.39 is 0 Å². The van der Waals surface area contributed by atoms with E-state index in [1.807, 2.05) is 6.20 Å². The Morgan fingerprint density at radius 1 is 1.55 bits per heavy atom. The first-order chi connectivity index (χ1) is 9.61.